The van der Waals surface area contributed by atoms with E-state index in [1.807, 2.05) is 41.1 Å². The van der Waals surface area contributed by atoms with E-state index in [1.54, 1.807) is 24.5 Å². The van der Waals surface area contributed by atoms with Gasteiger partial charge in [0.25, 0.3) is 0 Å². The van der Waals surface area contributed by atoms with Crippen molar-refractivity contribution in [1.82, 2.24) is 14.5 Å². The average molecular weight is 293 g/mol. The predicted octanol–water partition coefficient (Wildman–Crippen LogP) is 2.62. The van der Waals surface area contributed by atoms with Crippen molar-refractivity contribution in [1.29, 1.82) is 0 Å². The molecule has 0 spiro atoms. The Labute approximate surface area is 127 Å². The summed E-state index contributed by atoms with van der Waals surface area (Å²) < 4.78 is 1.95. The maximum Gasteiger partial charge on any atom is 0.336 e. The molecule has 0 atom stereocenters. The molecule has 0 aliphatic carbocycles. The molecule has 0 aliphatic rings. The summed E-state index contributed by atoms with van der Waals surface area (Å²) in [5.74, 6) is -0.0547. The molecule has 5 heteroatoms. The van der Waals surface area contributed by atoms with Gasteiger partial charge < -0.3 is 9.67 Å². The molecule has 0 saturated heterocycles. The topological polar surface area (TPSA) is 68.0 Å². The summed E-state index contributed by atoms with van der Waals surface area (Å²) in [6.07, 6.45) is 5.95. The lowest BCUT2D eigenvalue weighted by atomic mass is 10.1. The van der Waals surface area contributed by atoms with Crippen LogP contribution < -0.4 is 0 Å². The van der Waals surface area contributed by atoms with Crippen molar-refractivity contribution >= 4 is 5.97 Å². The van der Waals surface area contributed by atoms with Crippen LogP contribution in [0, 0.1) is 0 Å². The van der Waals surface area contributed by atoms with Gasteiger partial charge in [-0.05, 0) is 23.8 Å². The number of hydrogen-bond acceptors (Lipinski definition) is 3. The minimum atomic E-state index is -0.915. The van der Waals surface area contributed by atoms with Crippen molar-refractivity contribution in [3.63, 3.8) is 0 Å². The van der Waals surface area contributed by atoms with Crippen molar-refractivity contribution in [3.8, 4) is 0 Å². The molecule has 3 rings (SSSR count). The van der Waals surface area contributed by atoms with Crippen LogP contribution >= 0.6 is 0 Å². The van der Waals surface area contributed by atoms with E-state index in [0.29, 0.717) is 18.5 Å². The number of hydrogen-bond donors (Lipinski definition) is 1. The van der Waals surface area contributed by atoms with E-state index in [2.05, 4.69) is 9.97 Å². The summed E-state index contributed by atoms with van der Waals surface area (Å²) in [6.45, 7) is 0.477. The van der Waals surface area contributed by atoms with Gasteiger partial charge in [0.1, 0.15) is 5.82 Å². The first-order chi connectivity index (χ1) is 10.7. The molecule has 0 bridgehead atoms. The van der Waals surface area contributed by atoms with Crippen molar-refractivity contribution in [2.75, 3.05) is 0 Å². The van der Waals surface area contributed by atoms with Crippen molar-refractivity contribution in [2.24, 2.45) is 0 Å². The third-order valence-corrected chi connectivity index (χ3v) is 3.46. The molecule has 0 saturated carbocycles. The Morgan fingerprint density at radius 1 is 1.05 bits per heavy atom. The Balaban J connectivity index is 1.86. The van der Waals surface area contributed by atoms with Gasteiger partial charge in [-0.15, -0.1) is 0 Å². The molecule has 5 nitrogen and oxygen atoms in total. The van der Waals surface area contributed by atoms with Gasteiger partial charge in [-0.1, -0.05) is 24.3 Å². The number of benzene rings is 1. The molecule has 1 aromatic carbocycles. The second-order valence-electron chi connectivity index (χ2n) is 4.93. The van der Waals surface area contributed by atoms with Crippen molar-refractivity contribution in [3.05, 3.63) is 83.7 Å². The summed E-state index contributed by atoms with van der Waals surface area (Å²) >= 11 is 0. The summed E-state index contributed by atoms with van der Waals surface area (Å²) in [4.78, 5) is 19.9. The van der Waals surface area contributed by atoms with Crippen LogP contribution in [-0.2, 0) is 13.0 Å². The summed E-state index contributed by atoms with van der Waals surface area (Å²) in [5.41, 5.74) is 2.01. The van der Waals surface area contributed by atoms with Crippen LogP contribution in [-0.4, -0.2) is 25.6 Å². The minimum Gasteiger partial charge on any atom is -0.478 e. The number of nitrogens with zero attached hydrogens (tertiary/aromatic N) is 3. The molecule has 1 N–H and O–H groups in total. The standard InChI is InChI=1S/C17H15N3O2/c21-17(22)15-7-2-1-5-13(15)12-20-10-9-19-16(20)11-14-6-3-4-8-18-14/h1-10H,11-12H2,(H,21,22). The highest BCUT2D eigenvalue weighted by Crippen LogP contribution is 2.13. The molecule has 0 aliphatic heterocycles. The fraction of sp³-hybridized carbons (Fsp3) is 0.118. The number of rotatable bonds is 5. The number of carboxylic acids is 1. The van der Waals surface area contributed by atoms with Gasteiger partial charge in [0.15, 0.2) is 0 Å². The SMILES string of the molecule is O=C(O)c1ccccc1Cn1ccnc1Cc1ccccn1. The van der Waals surface area contributed by atoms with E-state index in [0.717, 1.165) is 17.1 Å². The highest BCUT2D eigenvalue weighted by atomic mass is 16.4. The zero-order chi connectivity index (χ0) is 15.4. The van der Waals surface area contributed by atoms with Gasteiger partial charge >= 0.3 is 5.97 Å². The van der Waals surface area contributed by atoms with Crippen molar-refractivity contribution in [2.45, 2.75) is 13.0 Å². The van der Waals surface area contributed by atoms with Crippen LogP contribution in [0.1, 0.15) is 27.4 Å². The average Bonchev–Trinajstić information content (AvgIpc) is 2.96. The summed E-state index contributed by atoms with van der Waals surface area (Å²) in [5, 5.41) is 9.26. The van der Waals surface area contributed by atoms with Gasteiger partial charge in [-0.3, -0.25) is 4.98 Å². The number of carboxylic acid groups (broad SMARTS) is 1. The van der Waals surface area contributed by atoms with Crippen LogP contribution in [0.5, 0.6) is 0 Å². The van der Waals surface area contributed by atoms with E-state index in [1.165, 1.54) is 0 Å². The number of aromatic nitrogens is 3. The normalized spacial score (nSPS) is 10.5. The van der Waals surface area contributed by atoms with Gasteiger partial charge in [0, 0.05) is 37.3 Å². The molecule has 0 radical (unpaired) electrons. The lowest BCUT2D eigenvalue weighted by Gasteiger charge is -2.10. The highest BCUT2D eigenvalue weighted by Gasteiger charge is 2.11. The maximum absolute atomic E-state index is 11.3. The van der Waals surface area contributed by atoms with E-state index < -0.39 is 5.97 Å². The number of aromatic carboxylic acids is 1. The molecular weight excluding hydrogens is 278 g/mol. The number of pyridine rings is 1. The van der Waals surface area contributed by atoms with Crippen LogP contribution in [0.25, 0.3) is 0 Å². The van der Waals surface area contributed by atoms with Crippen molar-refractivity contribution < 1.29 is 9.90 Å². The molecule has 2 heterocycles. The van der Waals surface area contributed by atoms with Crippen LogP contribution in [0.4, 0.5) is 0 Å². The fourth-order valence-electron chi connectivity index (χ4n) is 2.37. The van der Waals surface area contributed by atoms with E-state index >= 15 is 0 Å². The molecule has 2 aromatic heterocycles. The first-order valence-corrected chi connectivity index (χ1v) is 6.95. The molecular formula is C17H15N3O2. The number of imidazole rings is 1. The van der Waals surface area contributed by atoms with E-state index in [4.69, 9.17) is 0 Å². The third kappa shape index (κ3) is 3.03. The molecule has 110 valence electrons. The molecule has 0 fully saturated rings. The third-order valence-electron chi connectivity index (χ3n) is 3.46. The summed E-state index contributed by atoms with van der Waals surface area (Å²) in [6, 6.07) is 12.8. The number of carbonyl (C=O) groups is 1. The molecule has 3 aromatic rings. The molecule has 22 heavy (non-hydrogen) atoms. The highest BCUT2D eigenvalue weighted by molar-refractivity contribution is 5.89. The molecule has 0 unspecified atom stereocenters. The maximum atomic E-state index is 11.3. The van der Waals surface area contributed by atoms with E-state index in [-0.39, 0.29) is 0 Å². The zero-order valence-corrected chi connectivity index (χ0v) is 11.9. The monoisotopic (exact) mass is 293 g/mol. The Morgan fingerprint density at radius 3 is 2.64 bits per heavy atom. The second-order valence-corrected chi connectivity index (χ2v) is 4.93. The lowest BCUT2D eigenvalue weighted by molar-refractivity contribution is 0.0695. The molecule has 0 amide bonds. The summed E-state index contributed by atoms with van der Waals surface area (Å²) in [7, 11) is 0. The Bertz CT molecular complexity index is 781. The van der Waals surface area contributed by atoms with Gasteiger partial charge in [-0.2, -0.15) is 0 Å². The second kappa shape index (κ2) is 6.22. The Hall–Kier alpha value is -2.95. The predicted molar refractivity (Wildman–Crippen MR) is 81.8 cm³/mol. The van der Waals surface area contributed by atoms with Crippen LogP contribution in [0.3, 0.4) is 0 Å². The van der Waals surface area contributed by atoms with Crippen LogP contribution in [0.15, 0.2) is 61.1 Å². The van der Waals surface area contributed by atoms with Gasteiger partial charge in [0.2, 0.25) is 0 Å². The first kappa shape index (κ1) is 14.0. The quantitative estimate of drug-likeness (QED) is 0.785. The minimum absolute atomic E-state index is 0.319. The Kier molecular flexibility index (Phi) is 3.96. The van der Waals surface area contributed by atoms with E-state index in [9.17, 15) is 9.90 Å². The van der Waals surface area contributed by atoms with Crippen LogP contribution in [0.2, 0.25) is 0 Å². The lowest BCUT2D eigenvalue weighted by Crippen LogP contribution is -2.09. The Morgan fingerprint density at radius 2 is 1.86 bits per heavy atom. The zero-order valence-electron chi connectivity index (χ0n) is 11.9. The largest absolute Gasteiger partial charge is 0.478 e. The van der Waals surface area contributed by atoms with Gasteiger partial charge in [0.05, 0.1) is 5.56 Å². The first-order valence-electron chi connectivity index (χ1n) is 6.95. The smallest absolute Gasteiger partial charge is 0.336 e. The van der Waals surface area contributed by atoms with Gasteiger partial charge in [-0.25, -0.2) is 9.78 Å². The fourth-order valence-corrected chi connectivity index (χ4v) is 2.37.